The van der Waals surface area contributed by atoms with Crippen molar-refractivity contribution in [3.8, 4) is 11.5 Å². The molecule has 0 unspecified atom stereocenters. The summed E-state index contributed by atoms with van der Waals surface area (Å²) in [5.41, 5.74) is 1.05. The monoisotopic (exact) mass is 361 g/mol. The number of fused-ring (bicyclic) bond motifs is 1. The van der Waals surface area contributed by atoms with E-state index in [1.54, 1.807) is 4.90 Å². The van der Waals surface area contributed by atoms with Gasteiger partial charge in [0.25, 0.3) is 0 Å². The van der Waals surface area contributed by atoms with E-state index < -0.39 is 5.97 Å². The third-order valence-electron chi connectivity index (χ3n) is 5.32. The van der Waals surface area contributed by atoms with Gasteiger partial charge in [-0.3, -0.25) is 9.59 Å². The molecule has 1 aromatic carbocycles. The number of aliphatic carboxylic acids is 1. The van der Waals surface area contributed by atoms with Gasteiger partial charge in [0.15, 0.2) is 11.5 Å². The summed E-state index contributed by atoms with van der Waals surface area (Å²) in [7, 11) is 0. The standard InChI is InChI=1S/C19H23NO6/c21-18(22)11-20(13-3-5-24-6-4-13)19(23)15-10-14(15)12-1-2-16-17(9-12)26-8-7-25-16/h1-2,9,13-15H,3-8,10-11H2,(H,21,22)/t14-,15+/m0/s1. The van der Waals surface area contributed by atoms with Crippen molar-refractivity contribution in [1.29, 1.82) is 0 Å². The Morgan fingerprint density at radius 1 is 1.08 bits per heavy atom. The normalized spacial score (nSPS) is 24.8. The highest BCUT2D eigenvalue weighted by Gasteiger charge is 2.47. The molecule has 0 spiro atoms. The highest BCUT2D eigenvalue weighted by Crippen LogP contribution is 2.50. The van der Waals surface area contributed by atoms with Gasteiger partial charge >= 0.3 is 5.97 Å². The first kappa shape index (κ1) is 17.1. The number of carbonyl (C=O) groups excluding carboxylic acids is 1. The summed E-state index contributed by atoms with van der Waals surface area (Å²) in [6.07, 6.45) is 2.14. The maximum Gasteiger partial charge on any atom is 0.323 e. The quantitative estimate of drug-likeness (QED) is 0.858. The summed E-state index contributed by atoms with van der Waals surface area (Å²) >= 11 is 0. The van der Waals surface area contributed by atoms with Crippen molar-refractivity contribution in [2.24, 2.45) is 5.92 Å². The van der Waals surface area contributed by atoms with E-state index in [1.165, 1.54) is 0 Å². The zero-order chi connectivity index (χ0) is 18.1. The molecule has 2 atom stereocenters. The topological polar surface area (TPSA) is 85.3 Å². The average molecular weight is 361 g/mol. The lowest BCUT2D eigenvalue weighted by atomic mass is 10.0. The van der Waals surface area contributed by atoms with Gasteiger partial charge in [0.1, 0.15) is 19.8 Å². The van der Waals surface area contributed by atoms with Gasteiger partial charge in [0.05, 0.1) is 0 Å². The number of rotatable bonds is 5. The molecule has 1 amide bonds. The molecule has 0 aromatic heterocycles. The van der Waals surface area contributed by atoms with Crippen LogP contribution in [0.4, 0.5) is 0 Å². The van der Waals surface area contributed by atoms with Crippen LogP contribution in [0.25, 0.3) is 0 Å². The van der Waals surface area contributed by atoms with Gasteiger partial charge in [-0.2, -0.15) is 0 Å². The molecule has 4 rings (SSSR count). The van der Waals surface area contributed by atoms with Crippen LogP contribution in [0.2, 0.25) is 0 Å². The van der Waals surface area contributed by atoms with Crippen LogP contribution in [0.15, 0.2) is 18.2 Å². The number of amides is 1. The molecule has 1 aliphatic carbocycles. The molecular formula is C19H23NO6. The summed E-state index contributed by atoms with van der Waals surface area (Å²) in [6, 6.07) is 5.76. The van der Waals surface area contributed by atoms with Gasteiger partial charge in [-0.25, -0.2) is 0 Å². The predicted octanol–water partition coefficient (Wildman–Crippen LogP) is 1.65. The van der Waals surface area contributed by atoms with E-state index in [1.807, 2.05) is 18.2 Å². The minimum absolute atomic E-state index is 0.0473. The molecule has 140 valence electrons. The summed E-state index contributed by atoms with van der Waals surface area (Å²) in [4.78, 5) is 25.8. The van der Waals surface area contributed by atoms with Crippen molar-refractivity contribution in [2.45, 2.75) is 31.2 Å². The first-order valence-corrected chi connectivity index (χ1v) is 9.13. The molecule has 7 heteroatoms. The number of carbonyl (C=O) groups is 2. The van der Waals surface area contributed by atoms with Gasteiger partial charge in [-0.05, 0) is 42.9 Å². The van der Waals surface area contributed by atoms with Gasteiger partial charge < -0.3 is 24.2 Å². The van der Waals surface area contributed by atoms with Crippen molar-refractivity contribution in [1.82, 2.24) is 4.90 Å². The molecule has 1 aromatic rings. The minimum Gasteiger partial charge on any atom is -0.486 e. The number of benzene rings is 1. The van der Waals surface area contributed by atoms with Crippen LogP contribution in [0.3, 0.4) is 0 Å². The molecule has 0 radical (unpaired) electrons. The molecule has 2 fully saturated rings. The Morgan fingerprint density at radius 3 is 2.54 bits per heavy atom. The Morgan fingerprint density at radius 2 is 1.81 bits per heavy atom. The van der Waals surface area contributed by atoms with Crippen molar-refractivity contribution < 1.29 is 28.9 Å². The van der Waals surface area contributed by atoms with Crippen molar-refractivity contribution >= 4 is 11.9 Å². The summed E-state index contributed by atoms with van der Waals surface area (Å²) in [6.45, 7) is 1.98. The largest absolute Gasteiger partial charge is 0.486 e. The van der Waals surface area contributed by atoms with Gasteiger partial charge in [-0.15, -0.1) is 0 Å². The van der Waals surface area contributed by atoms with E-state index in [2.05, 4.69) is 0 Å². The second kappa shape index (κ2) is 7.15. The molecular weight excluding hydrogens is 338 g/mol. The molecule has 7 nitrogen and oxygen atoms in total. The lowest BCUT2D eigenvalue weighted by Gasteiger charge is -2.33. The van der Waals surface area contributed by atoms with E-state index in [-0.39, 0.29) is 30.3 Å². The zero-order valence-corrected chi connectivity index (χ0v) is 14.6. The number of carboxylic acids is 1. The third kappa shape index (κ3) is 3.49. The lowest BCUT2D eigenvalue weighted by Crippen LogP contribution is -2.46. The summed E-state index contributed by atoms with van der Waals surface area (Å²) < 4.78 is 16.5. The first-order valence-electron chi connectivity index (χ1n) is 9.13. The van der Waals surface area contributed by atoms with Crippen molar-refractivity contribution in [2.75, 3.05) is 33.0 Å². The smallest absolute Gasteiger partial charge is 0.323 e. The molecule has 2 heterocycles. The number of ether oxygens (including phenoxy) is 3. The van der Waals surface area contributed by atoms with E-state index in [4.69, 9.17) is 14.2 Å². The number of hydrogen-bond acceptors (Lipinski definition) is 5. The maximum atomic E-state index is 13.0. The zero-order valence-electron chi connectivity index (χ0n) is 14.6. The molecule has 1 saturated carbocycles. The van der Waals surface area contributed by atoms with Gasteiger partial charge in [0, 0.05) is 25.2 Å². The number of hydrogen-bond donors (Lipinski definition) is 1. The third-order valence-corrected chi connectivity index (χ3v) is 5.32. The van der Waals surface area contributed by atoms with E-state index in [9.17, 15) is 14.7 Å². The SMILES string of the molecule is O=C(O)CN(C(=O)[C@@H]1C[C@H]1c1ccc2c(c1)OCCO2)C1CCOCC1. The van der Waals surface area contributed by atoms with Gasteiger partial charge in [0.2, 0.25) is 5.91 Å². The van der Waals surface area contributed by atoms with Crippen LogP contribution in [0.5, 0.6) is 11.5 Å². The second-order valence-corrected chi connectivity index (χ2v) is 7.06. The van der Waals surface area contributed by atoms with E-state index in [0.29, 0.717) is 39.3 Å². The summed E-state index contributed by atoms with van der Waals surface area (Å²) in [5.74, 6) is 0.395. The van der Waals surface area contributed by atoms with Crippen molar-refractivity contribution in [3.05, 3.63) is 23.8 Å². The Bertz CT molecular complexity index is 699. The van der Waals surface area contributed by atoms with E-state index in [0.717, 1.165) is 23.5 Å². The van der Waals surface area contributed by atoms with E-state index >= 15 is 0 Å². The Hall–Kier alpha value is -2.28. The fourth-order valence-corrected chi connectivity index (χ4v) is 3.87. The van der Waals surface area contributed by atoms with Crippen LogP contribution in [-0.4, -0.2) is 60.9 Å². The van der Waals surface area contributed by atoms with Crippen molar-refractivity contribution in [3.63, 3.8) is 0 Å². The Labute approximate surface area is 151 Å². The predicted molar refractivity (Wildman–Crippen MR) is 91.5 cm³/mol. The van der Waals surface area contributed by atoms with Crippen LogP contribution < -0.4 is 9.47 Å². The minimum atomic E-state index is -0.971. The van der Waals surface area contributed by atoms with Crippen LogP contribution in [-0.2, 0) is 14.3 Å². The maximum absolute atomic E-state index is 13.0. The average Bonchev–Trinajstić information content (AvgIpc) is 3.46. The highest BCUT2D eigenvalue weighted by molar-refractivity contribution is 5.86. The Balaban J connectivity index is 1.46. The molecule has 0 bridgehead atoms. The molecule has 1 N–H and O–H groups in total. The van der Waals surface area contributed by atoms with Crippen LogP contribution >= 0.6 is 0 Å². The first-order chi connectivity index (χ1) is 12.6. The molecule has 26 heavy (non-hydrogen) atoms. The summed E-state index contributed by atoms with van der Waals surface area (Å²) in [5, 5.41) is 9.23. The number of carboxylic acid groups (broad SMARTS) is 1. The van der Waals surface area contributed by atoms with Gasteiger partial charge in [-0.1, -0.05) is 6.07 Å². The molecule has 1 saturated heterocycles. The van der Waals surface area contributed by atoms with Crippen LogP contribution in [0.1, 0.15) is 30.7 Å². The fraction of sp³-hybridized carbons (Fsp3) is 0.579. The molecule has 2 aliphatic heterocycles. The fourth-order valence-electron chi connectivity index (χ4n) is 3.87. The second-order valence-electron chi connectivity index (χ2n) is 7.06. The molecule has 3 aliphatic rings. The number of nitrogens with zero attached hydrogens (tertiary/aromatic N) is 1. The Kier molecular flexibility index (Phi) is 4.72. The van der Waals surface area contributed by atoms with Crippen LogP contribution in [0, 0.1) is 5.92 Å². The lowest BCUT2D eigenvalue weighted by molar-refractivity contribution is -0.148. The highest BCUT2D eigenvalue weighted by atomic mass is 16.6.